The molecule has 1 heterocycles. The number of aromatic nitrogens is 2. The van der Waals surface area contributed by atoms with Crippen molar-refractivity contribution in [1.29, 1.82) is 0 Å². The molecule has 4 heteroatoms. The standard InChI is InChI=1S/C50H38N2O2/c1-49(2)42-21-13-11-19-35(42)37-25-23-33(27-44(37)49)51-46-30-40(32-17-9-6-10-18-32)39(31-15-7-5-8-16-31)29-41(46)47(53)52(48(51)54)34-24-26-38-36-20-12-14-22-43(36)50(3,4)45(38)28-34/h5-30H,1-4H3. The van der Waals surface area contributed by atoms with E-state index < -0.39 is 5.69 Å². The average Bonchev–Trinajstić information content (AvgIpc) is 3.57. The van der Waals surface area contributed by atoms with Gasteiger partial charge in [-0.15, -0.1) is 0 Å². The Morgan fingerprint density at radius 3 is 1.33 bits per heavy atom. The van der Waals surface area contributed by atoms with Crippen LogP contribution < -0.4 is 11.2 Å². The number of nitrogens with zero attached hydrogens (tertiary/aromatic N) is 2. The van der Waals surface area contributed by atoms with Gasteiger partial charge in [-0.3, -0.25) is 9.36 Å². The van der Waals surface area contributed by atoms with Crippen molar-refractivity contribution >= 4 is 10.9 Å². The highest BCUT2D eigenvalue weighted by molar-refractivity contribution is 5.96. The van der Waals surface area contributed by atoms with Gasteiger partial charge >= 0.3 is 5.69 Å². The van der Waals surface area contributed by atoms with Gasteiger partial charge in [0.05, 0.1) is 22.3 Å². The molecular weight excluding hydrogens is 661 g/mol. The molecule has 2 aliphatic rings. The van der Waals surface area contributed by atoms with Crippen LogP contribution in [0.3, 0.4) is 0 Å². The van der Waals surface area contributed by atoms with E-state index in [2.05, 4.69) is 119 Å². The highest BCUT2D eigenvalue weighted by atomic mass is 16.2. The highest BCUT2D eigenvalue weighted by Crippen LogP contribution is 2.50. The van der Waals surface area contributed by atoms with Crippen LogP contribution in [0, 0.1) is 0 Å². The first-order valence-corrected chi connectivity index (χ1v) is 18.6. The van der Waals surface area contributed by atoms with Gasteiger partial charge in [0.1, 0.15) is 0 Å². The second-order valence-corrected chi connectivity index (χ2v) is 15.7. The summed E-state index contributed by atoms with van der Waals surface area (Å²) < 4.78 is 3.14. The smallest absolute Gasteiger partial charge is 0.268 e. The predicted molar refractivity (Wildman–Crippen MR) is 221 cm³/mol. The van der Waals surface area contributed by atoms with Crippen LogP contribution in [-0.4, -0.2) is 9.13 Å². The normalized spacial score (nSPS) is 14.4. The maximum Gasteiger partial charge on any atom is 0.340 e. The molecule has 260 valence electrons. The molecule has 0 N–H and O–H groups in total. The molecule has 0 aliphatic heterocycles. The molecule has 0 saturated heterocycles. The van der Waals surface area contributed by atoms with E-state index in [1.807, 2.05) is 66.7 Å². The molecule has 0 radical (unpaired) electrons. The van der Waals surface area contributed by atoms with Crippen LogP contribution in [0.2, 0.25) is 0 Å². The van der Waals surface area contributed by atoms with Gasteiger partial charge in [-0.25, -0.2) is 9.36 Å². The van der Waals surface area contributed by atoms with Gasteiger partial charge in [-0.2, -0.15) is 0 Å². The summed E-state index contributed by atoms with van der Waals surface area (Å²) in [4.78, 5) is 30.3. The predicted octanol–water partition coefficient (Wildman–Crippen LogP) is 11.1. The fraction of sp³-hybridized carbons (Fsp3) is 0.120. The minimum Gasteiger partial charge on any atom is -0.268 e. The summed E-state index contributed by atoms with van der Waals surface area (Å²) >= 11 is 0. The van der Waals surface area contributed by atoms with Gasteiger partial charge in [0.2, 0.25) is 0 Å². The number of fused-ring (bicyclic) bond motifs is 7. The lowest BCUT2D eigenvalue weighted by molar-refractivity contribution is 0.658. The van der Waals surface area contributed by atoms with E-state index in [1.165, 1.54) is 32.4 Å². The fourth-order valence-corrected chi connectivity index (χ4v) is 9.21. The SMILES string of the molecule is CC1(C)c2ccccc2-c2ccc(-n3c(=O)c4cc(-c5ccccc5)c(-c5ccccc5)cc4n(-c4ccc5c(c4)C(C)(C)c4ccccc4-5)c3=O)cc21. The van der Waals surface area contributed by atoms with Crippen LogP contribution in [0.15, 0.2) is 167 Å². The zero-order valence-corrected chi connectivity index (χ0v) is 30.7. The molecule has 0 bridgehead atoms. The van der Waals surface area contributed by atoms with Crippen LogP contribution >= 0.6 is 0 Å². The van der Waals surface area contributed by atoms with Gasteiger partial charge in [0.25, 0.3) is 5.56 Å². The molecule has 2 aliphatic carbocycles. The monoisotopic (exact) mass is 698 g/mol. The number of rotatable bonds is 4. The molecule has 1 aromatic heterocycles. The van der Waals surface area contributed by atoms with Crippen molar-refractivity contribution in [2.75, 3.05) is 0 Å². The van der Waals surface area contributed by atoms with Crippen molar-refractivity contribution in [3.8, 4) is 55.9 Å². The molecule has 0 amide bonds. The Morgan fingerprint density at radius 2 is 0.815 bits per heavy atom. The number of hydrogen-bond acceptors (Lipinski definition) is 2. The second-order valence-electron chi connectivity index (χ2n) is 15.7. The van der Waals surface area contributed by atoms with Crippen molar-refractivity contribution < 1.29 is 0 Å². The number of benzene rings is 7. The molecule has 7 aromatic carbocycles. The van der Waals surface area contributed by atoms with Crippen molar-refractivity contribution in [3.63, 3.8) is 0 Å². The van der Waals surface area contributed by atoms with E-state index >= 15 is 9.59 Å². The summed E-state index contributed by atoms with van der Waals surface area (Å²) in [5.74, 6) is 0. The molecular formula is C50H38N2O2. The van der Waals surface area contributed by atoms with E-state index in [0.717, 1.165) is 44.6 Å². The molecule has 0 fully saturated rings. The maximum atomic E-state index is 15.3. The lowest BCUT2D eigenvalue weighted by Crippen LogP contribution is -2.38. The average molecular weight is 699 g/mol. The lowest BCUT2D eigenvalue weighted by atomic mass is 9.82. The van der Waals surface area contributed by atoms with Gasteiger partial charge < -0.3 is 0 Å². The Bertz CT molecular complexity index is 2970. The minimum atomic E-state index is -0.402. The Balaban J connectivity index is 1.30. The van der Waals surface area contributed by atoms with Crippen LogP contribution in [-0.2, 0) is 10.8 Å². The van der Waals surface area contributed by atoms with Gasteiger partial charge in [0.15, 0.2) is 0 Å². The largest absolute Gasteiger partial charge is 0.340 e. The first kappa shape index (κ1) is 32.2. The molecule has 0 saturated carbocycles. The van der Waals surface area contributed by atoms with Crippen molar-refractivity contribution in [2.45, 2.75) is 38.5 Å². The Labute approximate surface area is 314 Å². The first-order chi connectivity index (χ1) is 26.1. The lowest BCUT2D eigenvalue weighted by Gasteiger charge is -2.23. The van der Waals surface area contributed by atoms with E-state index in [9.17, 15) is 0 Å². The summed E-state index contributed by atoms with van der Waals surface area (Å²) in [5.41, 5.74) is 13.9. The van der Waals surface area contributed by atoms with Crippen molar-refractivity contribution in [3.05, 3.63) is 201 Å². The van der Waals surface area contributed by atoms with Crippen LogP contribution in [0.25, 0.3) is 66.8 Å². The summed E-state index contributed by atoms with van der Waals surface area (Å²) in [6.07, 6.45) is 0. The Morgan fingerprint density at radius 1 is 0.389 bits per heavy atom. The van der Waals surface area contributed by atoms with Crippen LogP contribution in [0.4, 0.5) is 0 Å². The van der Waals surface area contributed by atoms with Crippen molar-refractivity contribution in [1.82, 2.24) is 9.13 Å². The molecule has 10 rings (SSSR count). The molecule has 0 unspecified atom stereocenters. The topological polar surface area (TPSA) is 44.0 Å². The van der Waals surface area contributed by atoms with E-state index in [-0.39, 0.29) is 16.4 Å². The minimum absolute atomic E-state index is 0.272. The summed E-state index contributed by atoms with van der Waals surface area (Å²) in [6, 6.07) is 53.8. The van der Waals surface area contributed by atoms with Crippen LogP contribution in [0.5, 0.6) is 0 Å². The van der Waals surface area contributed by atoms with E-state index in [1.54, 1.807) is 4.57 Å². The van der Waals surface area contributed by atoms with Crippen LogP contribution in [0.1, 0.15) is 49.9 Å². The molecule has 4 nitrogen and oxygen atoms in total. The third-order valence-corrected chi connectivity index (χ3v) is 12.0. The zero-order valence-electron chi connectivity index (χ0n) is 30.7. The maximum absolute atomic E-state index is 15.3. The number of hydrogen-bond donors (Lipinski definition) is 0. The van der Waals surface area contributed by atoms with Gasteiger partial charge in [-0.1, -0.05) is 149 Å². The summed E-state index contributed by atoms with van der Waals surface area (Å²) in [5, 5.41) is 0.472. The Hall–Kier alpha value is -6.52. The fourth-order valence-electron chi connectivity index (χ4n) is 9.21. The van der Waals surface area contributed by atoms with E-state index in [0.29, 0.717) is 16.6 Å². The third-order valence-electron chi connectivity index (χ3n) is 12.0. The first-order valence-electron chi connectivity index (χ1n) is 18.6. The molecule has 8 aromatic rings. The molecule has 0 spiro atoms. The second kappa shape index (κ2) is 11.5. The zero-order chi connectivity index (χ0) is 36.9. The molecule has 54 heavy (non-hydrogen) atoms. The van der Waals surface area contributed by atoms with E-state index in [4.69, 9.17) is 0 Å². The Kier molecular flexibility index (Phi) is 6.84. The van der Waals surface area contributed by atoms with Crippen molar-refractivity contribution in [2.24, 2.45) is 0 Å². The van der Waals surface area contributed by atoms with Gasteiger partial charge in [0, 0.05) is 10.8 Å². The van der Waals surface area contributed by atoms with Gasteiger partial charge in [-0.05, 0) is 103 Å². The third kappa shape index (κ3) is 4.50. The summed E-state index contributed by atoms with van der Waals surface area (Å²) in [6.45, 7) is 8.91. The highest BCUT2D eigenvalue weighted by Gasteiger charge is 2.37. The molecule has 0 atom stereocenters. The quantitative estimate of drug-likeness (QED) is 0.184. The summed E-state index contributed by atoms with van der Waals surface area (Å²) in [7, 11) is 0.